The van der Waals surface area contributed by atoms with Crippen LogP contribution in [0.25, 0.3) is 0 Å². The molecule has 82 valence electrons. The summed E-state index contributed by atoms with van der Waals surface area (Å²) in [6, 6.07) is 0. The van der Waals surface area contributed by atoms with E-state index in [4.69, 9.17) is 9.84 Å². The minimum Gasteiger partial charge on any atom is -0.394 e. The number of ether oxygens (including phenoxy) is 1. The number of hydrogen-bond donors (Lipinski definition) is 1. The monoisotopic (exact) mass is 198 g/mol. The molecule has 1 saturated carbocycles. The average molecular weight is 198 g/mol. The van der Waals surface area contributed by atoms with Crippen molar-refractivity contribution in [3.8, 4) is 0 Å². The van der Waals surface area contributed by atoms with Gasteiger partial charge in [0.2, 0.25) is 0 Å². The molecule has 1 N–H and O–H groups in total. The maximum Gasteiger partial charge on any atom is 0.0814 e. The summed E-state index contributed by atoms with van der Waals surface area (Å²) >= 11 is 0. The molecule has 1 unspecified atom stereocenters. The minimum absolute atomic E-state index is 0.121. The fourth-order valence-electron chi connectivity index (χ4n) is 2.77. The van der Waals surface area contributed by atoms with Crippen LogP contribution < -0.4 is 0 Å². The van der Waals surface area contributed by atoms with Gasteiger partial charge in [-0.05, 0) is 43.9 Å². The number of aliphatic hydroxyl groups is 1. The zero-order chi connectivity index (χ0) is 10.2. The van der Waals surface area contributed by atoms with Crippen LogP contribution in [0.2, 0.25) is 0 Å². The van der Waals surface area contributed by atoms with E-state index in [1.54, 1.807) is 0 Å². The summed E-state index contributed by atoms with van der Waals surface area (Å²) < 4.78 is 5.98. The van der Waals surface area contributed by atoms with Crippen molar-refractivity contribution in [2.45, 2.75) is 64.1 Å². The van der Waals surface area contributed by atoms with Crippen LogP contribution in [-0.2, 0) is 4.74 Å². The van der Waals surface area contributed by atoms with E-state index in [2.05, 4.69) is 13.8 Å². The number of hydrogen-bond acceptors (Lipinski definition) is 2. The Hall–Kier alpha value is -0.0800. The van der Waals surface area contributed by atoms with Crippen molar-refractivity contribution in [3.63, 3.8) is 0 Å². The Labute approximate surface area is 86.6 Å². The van der Waals surface area contributed by atoms with Gasteiger partial charge in [-0.3, -0.25) is 0 Å². The van der Waals surface area contributed by atoms with Crippen molar-refractivity contribution in [2.75, 3.05) is 6.61 Å². The van der Waals surface area contributed by atoms with Crippen LogP contribution in [0.3, 0.4) is 0 Å². The highest BCUT2D eigenvalue weighted by Crippen LogP contribution is 2.47. The van der Waals surface area contributed by atoms with Gasteiger partial charge in [0.25, 0.3) is 0 Å². The summed E-state index contributed by atoms with van der Waals surface area (Å²) in [5, 5.41) is 9.06. The second-order valence-corrected chi connectivity index (χ2v) is 5.81. The molecule has 2 heteroatoms. The predicted molar refractivity (Wildman–Crippen MR) is 56.2 cm³/mol. The molecule has 1 aliphatic carbocycles. The van der Waals surface area contributed by atoms with Crippen LogP contribution in [0, 0.1) is 5.41 Å². The van der Waals surface area contributed by atoms with Gasteiger partial charge in [-0.25, -0.2) is 0 Å². The molecule has 2 rings (SSSR count). The Morgan fingerprint density at radius 2 is 1.79 bits per heavy atom. The Kier molecular flexibility index (Phi) is 2.61. The first-order chi connectivity index (χ1) is 6.55. The third kappa shape index (κ3) is 1.96. The molecule has 0 radical (unpaired) electrons. The van der Waals surface area contributed by atoms with E-state index in [0.717, 1.165) is 12.8 Å². The second-order valence-electron chi connectivity index (χ2n) is 5.81. The molecule has 14 heavy (non-hydrogen) atoms. The second kappa shape index (κ2) is 3.49. The van der Waals surface area contributed by atoms with E-state index < -0.39 is 0 Å². The van der Waals surface area contributed by atoms with Crippen molar-refractivity contribution in [1.82, 2.24) is 0 Å². The molecule has 2 fully saturated rings. The summed E-state index contributed by atoms with van der Waals surface area (Å²) in [4.78, 5) is 0. The number of aliphatic hydroxyl groups excluding tert-OH is 1. The van der Waals surface area contributed by atoms with E-state index in [9.17, 15) is 0 Å². The lowest BCUT2D eigenvalue weighted by atomic mass is 9.70. The van der Waals surface area contributed by atoms with Crippen LogP contribution in [0.1, 0.15) is 52.4 Å². The Balaban J connectivity index is 1.94. The molecule has 0 aromatic heterocycles. The maximum atomic E-state index is 9.06. The van der Waals surface area contributed by atoms with Gasteiger partial charge in [0.15, 0.2) is 0 Å². The third-order valence-electron chi connectivity index (χ3n) is 4.06. The Morgan fingerprint density at radius 3 is 2.29 bits per heavy atom. The molecule has 0 aromatic carbocycles. The summed E-state index contributed by atoms with van der Waals surface area (Å²) in [5.74, 6) is 0. The zero-order valence-electron chi connectivity index (χ0n) is 9.38. The first-order valence-corrected chi connectivity index (χ1v) is 5.84. The standard InChI is InChI=1S/C12H22O2/c1-11(2)5-7-12(8-6-11)4-3-10(9-13)14-12/h10,13H,3-9H2,1-2H3. The lowest BCUT2D eigenvalue weighted by Crippen LogP contribution is -2.37. The van der Waals surface area contributed by atoms with Gasteiger partial charge in [0.1, 0.15) is 0 Å². The van der Waals surface area contributed by atoms with E-state index >= 15 is 0 Å². The molecular formula is C12H22O2. The highest BCUT2D eigenvalue weighted by Gasteiger charge is 2.44. The summed E-state index contributed by atoms with van der Waals surface area (Å²) in [6.45, 7) is 4.89. The molecule has 0 bridgehead atoms. The first kappa shape index (κ1) is 10.4. The molecule has 1 aliphatic heterocycles. The van der Waals surface area contributed by atoms with E-state index in [1.165, 1.54) is 25.7 Å². The van der Waals surface area contributed by atoms with Gasteiger partial charge in [-0.1, -0.05) is 13.8 Å². The lowest BCUT2D eigenvalue weighted by Gasteiger charge is -2.41. The van der Waals surface area contributed by atoms with E-state index in [0.29, 0.717) is 5.41 Å². The largest absolute Gasteiger partial charge is 0.394 e. The van der Waals surface area contributed by atoms with Crippen molar-refractivity contribution < 1.29 is 9.84 Å². The van der Waals surface area contributed by atoms with Crippen LogP contribution in [0.15, 0.2) is 0 Å². The molecule has 1 atom stereocenters. The first-order valence-electron chi connectivity index (χ1n) is 5.84. The van der Waals surface area contributed by atoms with Gasteiger partial charge < -0.3 is 9.84 Å². The maximum absolute atomic E-state index is 9.06. The fourth-order valence-corrected chi connectivity index (χ4v) is 2.77. The Bertz CT molecular complexity index is 200. The van der Waals surface area contributed by atoms with Gasteiger partial charge in [0.05, 0.1) is 18.3 Å². The van der Waals surface area contributed by atoms with E-state index in [-0.39, 0.29) is 18.3 Å². The average Bonchev–Trinajstić information content (AvgIpc) is 2.56. The molecule has 2 aliphatic rings. The predicted octanol–water partition coefficient (Wildman–Crippen LogP) is 2.50. The van der Waals surface area contributed by atoms with Crippen molar-refractivity contribution in [3.05, 3.63) is 0 Å². The topological polar surface area (TPSA) is 29.5 Å². The molecular weight excluding hydrogens is 176 g/mol. The summed E-state index contributed by atoms with van der Waals surface area (Å²) in [5.41, 5.74) is 0.648. The Morgan fingerprint density at radius 1 is 1.14 bits per heavy atom. The van der Waals surface area contributed by atoms with Crippen LogP contribution >= 0.6 is 0 Å². The molecule has 1 heterocycles. The summed E-state index contributed by atoms with van der Waals surface area (Å²) in [7, 11) is 0. The highest BCUT2D eigenvalue weighted by atomic mass is 16.5. The number of rotatable bonds is 1. The molecule has 1 saturated heterocycles. The van der Waals surface area contributed by atoms with Crippen LogP contribution in [0.4, 0.5) is 0 Å². The van der Waals surface area contributed by atoms with Gasteiger partial charge in [-0.2, -0.15) is 0 Å². The van der Waals surface area contributed by atoms with Gasteiger partial charge in [-0.15, -0.1) is 0 Å². The quantitative estimate of drug-likeness (QED) is 0.701. The molecule has 2 nitrogen and oxygen atoms in total. The minimum atomic E-state index is 0.121. The third-order valence-corrected chi connectivity index (χ3v) is 4.06. The van der Waals surface area contributed by atoms with Crippen molar-refractivity contribution in [2.24, 2.45) is 5.41 Å². The summed E-state index contributed by atoms with van der Waals surface area (Å²) in [6.07, 6.45) is 7.25. The highest BCUT2D eigenvalue weighted by molar-refractivity contribution is 4.95. The van der Waals surface area contributed by atoms with Crippen molar-refractivity contribution in [1.29, 1.82) is 0 Å². The molecule has 1 spiro atoms. The zero-order valence-corrected chi connectivity index (χ0v) is 9.38. The fraction of sp³-hybridized carbons (Fsp3) is 1.00. The SMILES string of the molecule is CC1(C)CCC2(CCC(CO)O2)CC1. The molecule has 0 amide bonds. The van der Waals surface area contributed by atoms with Crippen molar-refractivity contribution >= 4 is 0 Å². The van der Waals surface area contributed by atoms with Gasteiger partial charge in [0, 0.05) is 0 Å². The normalized spacial score (nSPS) is 34.9. The lowest BCUT2D eigenvalue weighted by molar-refractivity contribution is -0.0923. The molecule has 0 aromatic rings. The van der Waals surface area contributed by atoms with E-state index in [1.807, 2.05) is 0 Å². The van der Waals surface area contributed by atoms with Crippen LogP contribution in [-0.4, -0.2) is 23.4 Å². The van der Waals surface area contributed by atoms with Gasteiger partial charge >= 0.3 is 0 Å². The van der Waals surface area contributed by atoms with Crippen LogP contribution in [0.5, 0.6) is 0 Å². The smallest absolute Gasteiger partial charge is 0.0814 e.